The number of fused-ring (bicyclic) bond motifs is 1. The molecule has 0 atom stereocenters. The largest absolute Gasteiger partial charge is 0.507 e. The first-order valence-electron chi connectivity index (χ1n) is 10.8. The van der Waals surface area contributed by atoms with E-state index in [0.717, 1.165) is 0 Å². The summed E-state index contributed by atoms with van der Waals surface area (Å²) in [7, 11) is 3.16. The van der Waals surface area contributed by atoms with Crippen LogP contribution in [0, 0.1) is 4.77 Å². The SMILES string of the molecule is COc1ccc(-n2c(=S)[nH]c3nc(-c4ccccc4O)cc(-c4ccccc4OC)c3c2=O)cc1. The highest BCUT2D eigenvalue weighted by molar-refractivity contribution is 7.71. The van der Waals surface area contributed by atoms with Crippen LogP contribution in [0.3, 0.4) is 0 Å². The summed E-state index contributed by atoms with van der Waals surface area (Å²) in [5, 5.41) is 10.8. The third-order valence-electron chi connectivity index (χ3n) is 5.77. The lowest BCUT2D eigenvalue weighted by atomic mass is 9.99. The van der Waals surface area contributed by atoms with Crippen molar-refractivity contribution in [3.8, 4) is 45.3 Å². The molecular weight excluding hydrogens is 462 g/mol. The van der Waals surface area contributed by atoms with E-state index in [9.17, 15) is 9.90 Å². The fraction of sp³-hybridized carbons (Fsp3) is 0.0741. The zero-order valence-electron chi connectivity index (χ0n) is 19.0. The van der Waals surface area contributed by atoms with Gasteiger partial charge in [0.1, 0.15) is 22.9 Å². The molecule has 5 rings (SSSR count). The number of ether oxygens (including phenoxy) is 2. The lowest BCUT2D eigenvalue weighted by Gasteiger charge is -2.15. The third kappa shape index (κ3) is 3.94. The first-order valence-corrected chi connectivity index (χ1v) is 11.2. The quantitative estimate of drug-likeness (QED) is 0.321. The fourth-order valence-electron chi connectivity index (χ4n) is 4.09. The van der Waals surface area contributed by atoms with Gasteiger partial charge in [-0.15, -0.1) is 0 Å². The summed E-state index contributed by atoms with van der Waals surface area (Å²) in [5.41, 5.74) is 2.91. The topological polar surface area (TPSA) is 89.4 Å². The number of aromatic hydroxyl groups is 1. The zero-order valence-corrected chi connectivity index (χ0v) is 19.8. The summed E-state index contributed by atoms with van der Waals surface area (Å²) in [6.07, 6.45) is 0. The second-order valence-corrected chi connectivity index (χ2v) is 8.15. The van der Waals surface area contributed by atoms with Crippen molar-refractivity contribution in [1.29, 1.82) is 0 Å². The maximum atomic E-state index is 13.9. The summed E-state index contributed by atoms with van der Waals surface area (Å²) >= 11 is 5.57. The van der Waals surface area contributed by atoms with Crippen LogP contribution < -0.4 is 15.0 Å². The number of para-hydroxylation sites is 2. The molecule has 0 radical (unpaired) electrons. The number of rotatable bonds is 5. The number of benzene rings is 3. The van der Waals surface area contributed by atoms with Gasteiger partial charge in [0, 0.05) is 16.7 Å². The van der Waals surface area contributed by atoms with Crippen LogP contribution in [0.4, 0.5) is 0 Å². The van der Waals surface area contributed by atoms with Crippen molar-refractivity contribution in [3.05, 3.63) is 94.0 Å². The maximum absolute atomic E-state index is 13.9. The first kappa shape index (κ1) is 22.4. The molecule has 8 heteroatoms. The molecule has 2 N–H and O–H groups in total. The van der Waals surface area contributed by atoms with E-state index in [1.54, 1.807) is 62.8 Å². The van der Waals surface area contributed by atoms with E-state index in [1.807, 2.05) is 30.3 Å². The van der Waals surface area contributed by atoms with E-state index in [1.165, 1.54) is 4.57 Å². The Bertz CT molecular complexity index is 1670. The Morgan fingerprint density at radius 3 is 2.26 bits per heavy atom. The highest BCUT2D eigenvalue weighted by atomic mass is 32.1. The van der Waals surface area contributed by atoms with Gasteiger partial charge in [-0.05, 0) is 60.7 Å². The Labute approximate surface area is 205 Å². The molecule has 0 aliphatic carbocycles. The van der Waals surface area contributed by atoms with E-state index in [-0.39, 0.29) is 16.1 Å². The molecule has 0 bridgehead atoms. The van der Waals surface area contributed by atoms with Gasteiger partial charge >= 0.3 is 0 Å². The molecule has 174 valence electrons. The van der Waals surface area contributed by atoms with Crippen LogP contribution in [0.15, 0.2) is 83.7 Å². The molecule has 3 aromatic carbocycles. The molecule has 0 aliphatic heterocycles. The summed E-state index contributed by atoms with van der Waals surface area (Å²) in [5.74, 6) is 1.35. The molecule has 7 nitrogen and oxygen atoms in total. The Hall–Kier alpha value is -4.43. The highest BCUT2D eigenvalue weighted by Crippen LogP contribution is 2.37. The van der Waals surface area contributed by atoms with Gasteiger partial charge in [0.05, 0.1) is 31.0 Å². The molecule has 0 aliphatic rings. The second kappa shape index (κ2) is 9.08. The van der Waals surface area contributed by atoms with E-state index in [0.29, 0.717) is 50.6 Å². The molecule has 2 aromatic heterocycles. The second-order valence-electron chi connectivity index (χ2n) is 7.76. The minimum atomic E-state index is -0.328. The normalized spacial score (nSPS) is 10.9. The zero-order chi connectivity index (χ0) is 24.5. The molecule has 0 saturated heterocycles. The Kier molecular flexibility index (Phi) is 5.80. The number of pyridine rings is 1. The molecular formula is C27H21N3O4S. The van der Waals surface area contributed by atoms with Gasteiger partial charge in [-0.3, -0.25) is 9.36 Å². The number of hydrogen-bond donors (Lipinski definition) is 2. The molecule has 2 heterocycles. The molecule has 0 amide bonds. The van der Waals surface area contributed by atoms with Crippen LogP contribution in [0.5, 0.6) is 17.2 Å². The van der Waals surface area contributed by atoms with Crippen LogP contribution in [-0.2, 0) is 0 Å². The summed E-state index contributed by atoms with van der Waals surface area (Å²) in [6.45, 7) is 0. The predicted molar refractivity (Wildman–Crippen MR) is 138 cm³/mol. The van der Waals surface area contributed by atoms with E-state index < -0.39 is 0 Å². The van der Waals surface area contributed by atoms with Crippen LogP contribution in [0.2, 0.25) is 0 Å². The summed E-state index contributed by atoms with van der Waals surface area (Å²) in [4.78, 5) is 21.7. The van der Waals surface area contributed by atoms with Crippen LogP contribution in [0.25, 0.3) is 39.1 Å². The first-order chi connectivity index (χ1) is 17.0. The van der Waals surface area contributed by atoms with Crippen molar-refractivity contribution in [2.24, 2.45) is 0 Å². The number of hydrogen-bond acceptors (Lipinski definition) is 6. The van der Waals surface area contributed by atoms with Crippen molar-refractivity contribution < 1.29 is 14.6 Å². The van der Waals surface area contributed by atoms with Crippen molar-refractivity contribution in [1.82, 2.24) is 14.5 Å². The number of nitrogens with one attached hydrogen (secondary N) is 1. The van der Waals surface area contributed by atoms with Gasteiger partial charge in [0.15, 0.2) is 4.77 Å². The Balaban J connectivity index is 1.88. The number of aromatic nitrogens is 3. The number of phenolic OH excluding ortho intramolecular Hbond substituents is 1. The van der Waals surface area contributed by atoms with Crippen LogP contribution >= 0.6 is 12.2 Å². The average molecular weight is 484 g/mol. The monoisotopic (exact) mass is 483 g/mol. The van der Waals surface area contributed by atoms with E-state index in [4.69, 9.17) is 21.7 Å². The molecule has 5 aromatic rings. The Morgan fingerprint density at radius 1 is 0.886 bits per heavy atom. The molecule has 0 unspecified atom stereocenters. The van der Waals surface area contributed by atoms with Gasteiger partial charge in [-0.2, -0.15) is 0 Å². The molecule has 35 heavy (non-hydrogen) atoms. The Morgan fingerprint density at radius 2 is 1.57 bits per heavy atom. The number of phenols is 1. The molecule has 0 fully saturated rings. The molecule has 0 saturated carbocycles. The van der Waals surface area contributed by atoms with Gasteiger partial charge < -0.3 is 19.6 Å². The van der Waals surface area contributed by atoms with Gasteiger partial charge in [-0.1, -0.05) is 30.3 Å². The maximum Gasteiger partial charge on any atom is 0.269 e. The minimum absolute atomic E-state index is 0.0792. The number of aromatic amines is 1. The van der Waals surface area contributed by atoms with Crippen molar-refractivity contribution in [2.45, 2.75) is 0 Å². The lowest BCUT2D eigenvalue weighted by Crippen LogP contribution is -2.21. The van der Waals surface area contributed by atoms with Gasteiger partial charge in [0.25, 0.3) is 5.56 Å². The smallest absolute Gasteiger partial charge is 0.269 e. The minimum Gasteiger partial charge on any atom is -0.507 e. The molecule has 0 spiro atoms. The summed E-state index contributed by atoms with van der Waals surface area (Å²) in [6, 6.07) is 23.2. The van der Waals surface area contributed by atoms with E-state index >= 15 is 0 Å². The standard InChI is InChI=1S/C27H21N3O4S/c1-33-17-13-11-16(12-14-17)30-26(32)24-20(18-7-4-6-10-23(18)34-2)15-21(28-25(24)29-27(30)35)19-8-3-5-9-22(19)31/h3-15,31H,1-2H3,(H,28,29,35). The average Bonchev–Trinajstić information content (AvgIpc) is 2.88. The summed E-state index contributed by atoms with van der Waals surface area (Å²) < 4.78 is 12.5. The van der Waals surface area contributed by atoms with E-state index in [2.05, 4.69) is 9.97 Å². The lowest BCUT2D eigenvalue weighted by molar-refractivity contribution is 0.414. The van der Waals surface area contributed by atoms with Gasteiger partial charge in [0.2, 0.25) is 0 Å². The number of nitrogens with zero attached hydrogens (tertiary/aromatic N) is 2. The van der Waals surface area contributed by atoms with Gasteiger partial charge in [-0.25, -0.2) is 4.98 Å². The third-order valence-corrected chi connectivity index (χ3v) is 6.06. The number of methoxy groups -OCH3 is 2. The predicted octanol–water partition coefficient (Wildman–Crippen LogP) is 5.50. The van der Waals surface area contributed by atoms with Crippen LogP contribution in [0.1, 0.15) is 0 Å². The van der Waals surface area contributed by atoms with Crippen molar-refractivity contribution in [3.63, 3.8) is 0 Å². The highest BCUT2D eigenvalue weighted by Gasteiger charge is 2.19. The van der Waals surface area contributed by atoms with Crippen molar-refractivity contribution in [2.75, 3.05) is 14.2 Å². The fourth-order valence-corrected chi connectivity index (χ4v) is 4.37. The van der Waals surface area contributed by atoms with Crippen LogP contribution in [-0.4, -0.2) is 33.9 Å². The number of H-pyrrole nitrogens is 1. The van der Waals surface area contributed by atoms with Crippen molar-refractivity contribution >= 4 is 23.3 Å².